The lowest BCUT2D eigenvalue weighted by Gasteiger charge is -2.18. The maximum absolute atomic E-state index is 5.52. The van der Waals surface area contributed by atoms with E-state index in [9.17, 15) is 0 Å². The molecule has 1 heteroatoms. The van der Waals surface area contributed by atoms with E-state index in [0.717, 1.165) is 12.5 Å². The summed E-state index contributed by atoms with van der Waals surface area (Å²) >= 11 is 0. The fraction of sp³-hybridized carbons (Fsp3) is 0.818. The van der Waals surface area contributed by atoms with Gasteiger partial charge in [-0.1, -0.05) is 12.2 Å². The first-order valence-electron chi connectivity index (χ1n) is 5.05. The molecule has 0 N–H and O–H groups in total. The highest BCUT2D eigenvalue weighted by Gasteiger charge is 2.09. The van der Waals surface area contributed by atoms with Gasteiger partial charge in [-0.05, 0) is 45.4 Å². The quantitative estimate of drug-likeness (QED) is 0.586. The molecule has 0 aromatic rings. The molecular formula is C11H20O. The molecule has 1 atom stereocenters. The van der Waals surface area contributed by atoms with Crippen LogP contribution in [0.3, 0.4) is 0 Å². The first kappa shape index (κ1) is 9.79. The minimum atomic E-state index is 0.393. The summed E-state index contributed by atoms with van der Waals surface area (Å²) < 4.78 is 5.52. The summed E-state index contributed by atoms with van der Waals surface area (Å²) in [7, 11) is 0. The molecule has 0 aromatic carbocycles. The van der Waals surface area contributed by atoms with Crippen molar-refractivity contribution < 1.29 is 4.74 Å². The van der Waals surface area contributed by atoms with Crippen molar-refractivity contribution in [3.8, 4) is 0 Å². The van der Waals surface area contributed by atoms with Gasteiger partial charge in [-0.15, -0.1) is 0 Å². The lowest BCUT2D eigenvalue weighted by atomic mass is 9.92. The predicted octanol–water partition coefficient (Wildman–Crippen LogP) is 3.16. The van der Waals surface area contributed by atoms with Gasteiger partial charge >= 0.3 is 0 Å². The average molecular weight is 168 g/mol. The molecule has 1 aliphatic carbocycles. The van der Waals surface area contributed by atoms with Gasteiger partial charge in [0.25, 0.3) is 0 Å². The molecule has 1 rings (SSSR count). The van der Waals surface area contributed by atoms with Gasteiger partial charge in [0.2, 0.25) is 0 Å². The SMILES string of the molecule is CC(C)OCCC1CC=CCC1. The average Bonchev–Trinajstić information content (AvgIpc) is 2.05. The highest BCUT2D eigenvalue weighted by atomic mass is 16.5. The minimum Gasteiger partial charge on any atom is -0.379 e. The zero-order valence-electron chi connectivity index (χ0n) is 8.25. The molecule has 0 saturated carbocycles. The van der Waals surface area contributed by atoms with Crippen LogP contribution in [0.4, 0.5) is 0 Å². The predicted molar refractivity (Wildman–Crippen MR) is 52.2 cm³/mol. The molecule has 0 spiro atoms. The molecule has 70 valence electrons. The van der Waals surface area contributed by atoms with Crippen LogP contribution in [0.1, 0.15) is 39.5 Å². The van der Waals surface area contributed by atoms with E-state index in [-0.39, 0.29) is 0 Å². The molecule has 0 radical (unpaired) electrons. The van der Waals surface area contributed by atoms with Crippen LogP contribution in [0.25, 0.3) is 0 Å². The second kappa shape index (κ2) is 5.36. The standard InChI is InChI=1S/C11H20O/c1-10(2)12-9-8-11-6-4-3-5-7-11/h3-4,10-11H,5-9H2,1-2H3. The number of hydrogen-bond acceptors (Lipinski definition) is 1. The van der Waals surface area contributed by atoms with Crippen LogP contribution in [0.15, 0.2) is 12.2 Å². The third-order valence-corrected chi connectivity index (χ3v) is 2.35. The smallest absolute Gasteiger partial charge is 0.0518 e. The van der Waals surface area contributed by atoms with Crippen molar-refractivity contribution in [1.82, 2.24) is 0 Å². The summed E-state index contributed by atoms with van der Waals surface area (Å²) in [6.07, 6.45) is 10.1. The van der Waals surface area contributed by atoms with Crippen LogP contribution in [0, 0.1) is 5.92 Å². The molecule has 12 heavy (non-hydrogen) atoms. The lowest BCUT2D eigenvalue weighted by molar-refractivity contribution is 0.0676. The number of rotatable bonds is 4. The Labute approximate surface area is 75.8 Å². The van der Waals surface area contributed by atoms with Crippen LogP contribution in [0.5, 0.6) is 0 Å². The van der Waals surface area contributed by atoms with Crippen LogP contribution >= 0.6 is 0 Å². The normalized spacial score (nSPS) is 23.4. The van der Waals surface area contributed by atoms with E-state index < -0.39 is 0 Å². The van der Waals surface area contributed by atoms with Gasteiger partial charge in [-0.3, -0.25) is 0 Å². The maximum Gasteiger partial charge on any atom is 0.0518 e. The zero-order chi connectivity index (χ0) is 8.81. The number of allylic oxidation sites excluding steroid dienone is 2. The van der Waals surface area contributed by atoms with Crippen molar-refractivity contribution in [3.63, 3.8) is 0 Å². The Morgan fingerprint density at radius 2 is 2.25 bits per heavy atom. The third kappa shape index (κ3) is 3.91. The number of hydrogen-bond donors (Lipinski definition) is 0. The van der Waals surface area contributed by atoms with Crippen LogP contribution in [-0.4, -0.2) is 12.7 Å². The van der Waals surface area contributed by atoms with Crippen molar-refractivity contribution >= 4 is 0 Å². The van der Waals surface area contributed by atoms with E-state index >= 15 is 0 Å². The number of ether oxygens (including phenoxy) is 1. The lowest BCUT2D eigenvalue weighted by Crippen LogP contribution is -2.10. The molecule has 0 aromatic heterocycles. The summed E-state index contributed by atoms with van der Waals surface area (Å²) in [6, 6.07) is 0. The van der Waals surface area contributed by atoms with Crippen LogP contribution < -0.4 is 0 Å². The van der Waals surface area contributed by atoms with E-state index in [4.69, 9.17) is 4.74 Å². The summed E-state index contributed by atoms with van der Waals surface area (Å²) in [5, 5.41) is 0. The first-order chi connectivity index (χ1) is 5.79. The molecule has 0 bridgehead atoms. The van der Waals surface area contributed by atoms with E-state index in [1.807, 2.05) is 0 Å². The second-order valence-corrected chi connectivity index (χ2v) is 3.86. The zero-order valence-corrected chi connectivity index (χ0v) is 8.25. The molecule has 0 amide bonds. The summed E-state index contributed by atoms with van der Waals surface area (Å²) in [5.74, 6) is 0.883. The minimum absolute atomic E-state index is 0.393. The molecule has 0 saturated heterocycles. The molecule has 0 aliphatic heterocycles. The monoisotopic (exact) mass is 168 g/mol. The molecule has 0 heterocycles. The van der Waals surface area contributed by atoms with Crippen LogP contribution in [0.2, 0.25) is 0 Å². The second-order valence-electron chi connectivity index (χ2n) is 3.86. The van der Waals surface area contributed by atoms with Gasteiger partial charge in [0.05, 0.1) is 6.10 Å². The van der Waals surface area contributed by atoms with Crippen molar-refractivity contribution in [2.24, 2.45) is 5.92 Å². The summed E-state index contributed by atoms with van der Waals surface area (Å²) in [4.78, 5) is 0. The van der Waals surface area contributed by atoms with Crippen molar-refractivity contribution in [1.29, 1.82) is 0 Å². The van der Waals surface area contributed by atoms with Gasteiger partial charge in [0.15, 0.2) is 0 Å². The van der Waals surface area contributed by atoms with Crippen molar-refractivity contribution in [3.05, 3.63) is 12.2 Å². The largest absolute Gasteiger partial charge is 0.379 e. The fourth-order valence-electron chi connectivity index (χ4n) is 1.59. The molecule has 1 aliphatic rings. The molecule has 1 unspecified atom stereocenters. The molecule has 0 fully saturated rings. The topological polar surface area (TPSA) is 9.23 Å². The van der Waals surface area contributed by atoms with Gasteiger partial charge in [0, 0.05) is 6.61 Å². The first-order valence-corrected chi connectivity index (χ1v) is 5.05. The Bertz CT molecular complexity index is 138. The van der Waals surface area contributed by atoms with E-state index in [1.165, 1.54) is 25.7 Å². The Balaban J connectivity index is 2.03. The fourth-order valence-corrected chi connectivity index (χ4v) is 1.59. The third-order valence-electron chi connectivity index (χ3n) is 2.35. The Morgan fingerprint density at radius 1 is 1.42 bits per heavy atom. The summed E-state index contributed by atoms with van der Waals surface area (Å²) in [5.41, 5.74) is 0. The van der Waals surface area contributed by atoms with Crippen LogP contribution in [-0.2, 0) is 4.74 Å². The van der Waals surface area contributed by atoms with Gasteiger partial charge in [-0.25, -0.2) is 0 Å². The van der Waals surface area contributed by atoms with E-state index in [0.29, 0.717) is 6.10 Å². The van der Waals surface area contributed by atoms with E-state index in [2.05, 4.69) is 26.0 Å². The molecule has 1 nitrogen and oxygen atoms in total. The van der Waals surface area contributed by atoms with Crippen molar-refractivity contribution in [2.75, 3.05) is 6.61 Å². The Morgan fingerprint density at radius 3 is 2.83 bits per heavy atom. The Hall–Kier alpha value is -0.300. The molecular weight excluding hydrogens is 148 g/mol. The Kier molecular flexibility index (Phi) is 4.37. The summed E-state index contributed by atoms with van der Waals surface area (Å²) in [6.45, 7) is 5.14. The van der Waals surface area contributed by atoms with Gasteiger partial charge in [0.1, 0.15) is 0 Å². The highest BCUT2D eigenvalue weighted by Crippen LogP contribution is 2.21. The highest BCUT2D eigenvalue weighted by molar-refractivity contribution is 4.89. The van der Waals surface area contributed by atoms with Gasteiger partial charge in [-0.2, -0.15) is 0 Å². The van der Waals surface area contributed by atoms with E-state index in [1.54, 1.807) is 0 Å². The maximum atomic E-state index is 5.52. The van der Waals surface area contributed by atoms with Crippen molar-refractivity contribution in [2.45, 2.75) is 45.6 Å². The van der Waals surface area contributed by atoms with Gasteiger partial charge < -0.3 is 4.74 Å².